The number of nitrogens with zero attached hydrogens (tertiary/aromatic N) is 1. The van der Waals surface area contributed by atoms with Crippen LogP contribution in [0.3, 0.4) is 0 Å². The second-order valence-corrected chi connectivity index (χ2v) is 9.53. The fourth-order valence-electron chi connectivity index (χ4n) is 2.70. The summed E-state index contributed by atoms with van der Waals surface area (Å²) in [5.41, 5.74) is 4.32. The van der Waals surface area contributed by atoms with E-state index in [1.165, 1.54) is 24.0 Å². The number of hydrogen-bond acceptors (Lipinski definition) is 4. The lowest BCUT2D eigenvalue weighted by Crippen LogP contribution is -2.24. The lowest BCUT2D eigenvalue weighted by molar-refractivity contribution is -0.114. The summed E-state index contributed by atoms with van der Waals surface area (Å²) in [6, 6.07) is 11.0. The first kappa shape index (κ1) is 21.9. The van der Waals surface area contributed by atoms with Crippen molar-refractivity contribution < 1.29 is 13.2 Å². The number of nitrogens with one attached hydrogen (secondary N) is 2. The number of hydrogen-bond donors (Lipinski definition) is 2. The number of carbonyl (C=O) groups excluding carboxylic acids is 1. The third-order valence-electron chi connectivity index (χ3n) is 4.72. The van der Waals surface area contributed by atoms with Crippen molar-refractivity contribution in [2.45, 2.75) is 38.5 Å². The molecule has 152 valence electrons. The summed E-state index contributed by atoms with van der Waals surface area (Å²) in [4.78, 5) is 12.5. The maximum absolute atomic E-state index is 12.4. The van der Waals surface area contributed by atoms with E-state index in [1.54, 1.807) is 12.1 Å². The van der Waals surface area contributed by atoms with Crippen LogP contribution in [-0.4, -0.2) is 39.3 Å². The Bertz CT molecular complexity index is 950. The van der Waals surface area contributed by atoms with Crippen LogP contribution in [0.2, 0.25) is 0 Å². The summed E-state index contributed by atoms with van der Waals surface area (Å²) < 4.78 is 26.0. The Morgan fingerprint density at radius 2 is 1.68 bits per heavy atom. The number of aryl methyl sites for hydroxylation is 1. The van der Waals surface area contributed by atoms with Gasteiger partial charge in [-0.05, 0) is 60.7 Å². The van der Waals surface area contributed by atoms with E-state index in [0.29, 0.717) is 11.6 Å². The molecule has 0 heterocycles. The van der Waals surface area contributed by atoms with Gasteiger partial charge in [-0.25, -0.2) is 12.7 Å². The molecule has 0 saturated heterocycles. The lowest BCUT2D eigenvalue weighted by atomic mass is 10.0. The highest BCUT2D eigenvalue weighted by Gasteiger charge is 2.19. The standard InChI is InChI=1S/C21H29N3O3S/c1-14(2)17-7-9-18(10-8-17)23-21(25)13-22-20-12-19(11-15(3)16(20)4)28(26,27)24(5)6/h7-12,14,22H,13H2,1-6H3,(H,23,25). The molecule has 0 aliphatic rings. The van der Waals surface area contributed by atoms with Gasteiger partial charge >= 0.3 is 0 Å². The first-order valence-corrected chi connectivity index (χ1v) is 10.6. The number of rotatable bonds is 7. The first-order chi connectivity index (χ1) is 13.0. The highest BCUT2D eigenvalue weighted by molar-refractivity contribution is 7.89. The van der Waals surface area contributed by atoms with Crippen molar-refractivity contribution in [1.82, 2.24) is 4.31 Å². The third kappa shape index (κ3) is 5.11. The Balaban J connectivity index is 2.11. The quantitative estimate of drug-likeness (QED) is 0.738. The van der Waals surface area contributed by atoms with Crippen LogP contribution in [-0.2, 0) is 14.8 Å². The van der Waals surface area contributed by atoms with Gasteiger partial charge in [-0.1, -0.05) is 26.0 Å². The molecule has 7 heteroatoms. The largest absolute Gasteiger partial charge is 0.376 e. The van der Waals surface area contributed by atoms with Crippen LogP contribution >= 0.6 is 0 Å². The highest BCUT2D eigenvalue weighted by Crippen LogP contribution is 2.25. The van der Waals surface area contributed by atoms with Crippen molar-refractivity contribution in [3.05, 3.63) is 53.1 Å². The molecule has 0 bridgehead atoms. The van der Waals surface area contributed by atoms with Crippen molar-refractivity contribution >= 4 is 27.3 Å². The van der Waals surface area contributed by atoms with Gasteiger partial charge in [0, 0.05) is 25.5 Å². The van der Waals surface area contributed by atoms with Crippen molar-refractivity contribution in [2.24, 2.45) is 0 Å². The zero-order valence-corrected chi connectivity index (χ0v) is 18.1. The second-order valence-electron chi connectivity index (χ2n) is 7.38. The summed E-state index contributed by atoms with van der Waals surface area (Å²) >= 11 is 0. The summed E-state index contributed by atoms with van der Waals surface area (Å²) in [7, 11) is -0.553. The average molecular weight is 404 g/mol. The molecule has 0 aliphatic carbocycles. The van der Waals surface area contributed by atoms with Gasteiger partial charge in [-0.2, -0.15) is 0 Å². The van der Waals surface area contributed by atoms with E-state index >= 15 is 0 Å². The summed E-state index contributed by atoms with van der Waals surface area (Å²) in [6.07, 6.45) is 0. The van der Waals surface area contributed by atoms with Crippen LogP contribution in [0.4, 0.5) is 11.4 Å². The SMILES string of the molecule is Cc1cc(S(=O)(=O)N(C)C)cc(NCC(=O)Nc2ccc(C(C)C)cc2)c1C. The van der Waals surface area contributed by atoms with Crippen molar-refractivity contribution in [1.29, 1.82) is 0 Å². The molecular formula is C21H29N3O3S. The Morgan fingerprint density at radius 3 is 2.21 bits per heavy atom. The van der Waals surface area contributed by atoms with Gasteiger partial charge in [0.05, 0.1) is 11.4 Å². The van der Waals surface area contributed by atoms with Crippen LogP contribution in [0, 0.1) is 13.8 Å². The van der Waals surface area contributed by atoms with Crippen LogP contribution in [0.1, 0.15) is 36.5 Å². The molecule has 6 nitrogen and oxygen atoms in total. The van der Waals surface area contributed by atoms with E-state index < -0.39 is 10.0 Å². The summed E-state index contributed by atoms with van der Waals surface area (Å²) in [5, 5.41) is 5.91. The van der Waals surface area contributed by atoms with Crippen LogP contribution < -0.4 is 10.6 Å². The van der Waals surface area contributed by atoms with E-state index in [0.717, 1.165) is 16.8 Å². The van der Waals surface area contributed by atoms with Gasteiger partial charge in [0.25, 0.3) is 0 Å². The minimum atomic E-state index is -3.54. The predicted octanol–water partition coefficient (Wildman–Crippen LogP) is 3.73. The van der Waals surface area contributed by atoms with E-state index in [9.17, 15) is 13.2 Å². The number of amides is 1. The molecule has 0 radical (unpaired) electrons. The van der Waals surface area contributed by atoms with Crippen molar-refractivity contribution in [3.63, 3.8) is 0 Å². The lowest BCUT2D eigenvalue weighted by Gasteiger charge is -2.17. The molecule has 2 rings (SSSR count). The smallest absolute Gasteiger partial charge is 0.243 e. The molecule has 2 aromatic rings. The Labute approximate surface area is 168 Å². The first-order valence-electron chi connectivity index (χ1n) is 9.20. The van der Waals surface area contributed by atoms with Crippen molar-refractivity contribution in [3.8, 4) is 0 Å². The van der Waals surface area contributed by atoms with Gasteiger partial charge in [-0.3, -0.25) is 4.79 Å². The van der Waals surface area contributed by atoms with Gasteiger partial charge in [0.15, 0.2) is 0 Å². The monoisotopic (exact) mass is 403 g/mol. The van der Waals surface area contributed by atoms with Crippen LogP contribution in [0.5, 0.6) is 0 Å². The van der Waals surface area contributed by atoms with E-state index in [2.05, 4.69) is 24.5 Å². The van der Waals surface area contributed by atoms with Crippen LogP contribution in [0.15, 0.2) is 41.3 Å². The van der Waals surface area contributed by atoms with Crippen molar-refractivity contribution in [2.75, 3.05) is 31.3 Å². The maximum atomic E-state index is 12.4. The fourth-order valence-corrected chi connectivity index (χ4v) is 3.72. The van der Waals surface area contributed by atoms with Gasteiger partial charge in [0.2, 0.25) is 15.9 Å². The zero-order chi connectivity index (χ0) is 21.1. The molecule has 28 heavy (non-hydrogen) atoms. The Kier molecular flexibility index (Phi) is 6.85. The number of sulfonamides is 1. The van der Waals surface area contributed by atoms with E-state index in [4.69, 9.17) is 0 Å². The summed E-state index contributed by atoms with van der Waals surface area (Å²) in [6.45, 7) is 8.02. The Hall–Kier alpha value is -2.38. The molecule has 0 fully saturated rings. The minimum absolute atomic E-state index is 0.0394. The maximum Gasteiger partial charge on any atom is 0.243 e. The Morgan fingerprint density at radius 1 is 1.07 bits per heavy atom. The van der Waals surface area contributed by atoms with Gasteiger partial charge in [-0.15, -0.1) is 0 Å². The fraction of sp³-hybridized carbons (Fsp3) is 0.381. The molecule has 0 aromatic heterocycles. The average Bonchev–Trinajstić information content (AvgIpc) is 2.62. The normalized spacial score (nSPS) is 11.7. The molecule has 0 atom stereocenters. The topological polar surface area (TPSA) is 78.5 Å². The number of benzene rings is 2. The van der Waals surface area contributed by atoms with Gasteiger partial charge < -0.3 is 10.6 Å². The molecule has 0 aliphatic heterocycles. The molecule has 0 saturated carbocycles. The molecule has 0 spiro atoms. The number of carbonyl (C=O) groups is 1. The molecule has 2 N–H and O–H groups in total. The number of anilines is 2. The summed E-state index contributed by atoms with van der Waals surface area (Å²) in [5.74, 6) is 0.235. The van der Waals surface area contributed by atoms with E-state index in [1.807, 2.05) is 38.1 Å². The zero-order valence-electron chi connectivity index (χ0n) is 17.3. The van der Waals surface area contributed by atoms with E-state index in [-0.39, 0.29) is 17.3 Å². The molecule has 2 aromatic carbocycles. The molecular weight excluding hydrogens is 374 g/mol. The minimum Gasteiger partial charge on any atom is -0.376 e. The van der Waals surface area contributed by atoms with Crippen LogP contribution in [0.25, 0.3) is 0 Å². The third-order valence-corrected chi connectivity index (χ3v) is 6.51. The predicted molar refractivity (Wildman–Crippen MR) is 114 cm³/mol. The second kappa shape index (κ2) is 8.75. The molecule has 1 amide bonds. The van der Waals surface area contributed by atoms with Gasteiger partial charge in [0.1, 0.15) is 0 Å². The molecule has 0 unspecified atom stereocenters. The highest BCUT2D eigenvalue weighted by atomic mass is 32.2.